The molecule has 0 spiro atoms. The first-order valence-electron chi connectivity index (χ1n) is 3.73. The van der Waals surface area contributed by atoms with E-state index >= 15 is 0 Å². The predicted molar refractivity (Wildman–Crippen MR) is 60.1 cm³/mol. The largest absolute Gasteiger partial charge is 0.361 e. The summed E-state index contributed by atoms with van der Waals surface area (Å²) in [7, 11) is 0. The molecule has 0 aliphatic carbocycles. The van der Waals surface area contributed by atoms with Crippen molar-refractivity contribution in [3.05, 3.63) is 28.4 Å². The van der Waals surface area contributed by atoms with Crippen molar-refractivity contribution in [1.29, 1.82) is 0 Å². The second-order valence-corrected chi connectivity index (χ2v) is 4.25. The maximum Gasteiger partial charge on any atom is 0.0650 e. The van der Waals surface area contributed by atoms with Gasteiger partial charge in [0.1, 0.15) is 0 Å². The number of thioether (sulfide) groups is 1. The van der Waals surface area contributed by atoms with E-state index in [1.165, 1.54) is 0 Å². The number of H-pyrrole nitrogens is 1. The topological polar surface area (TPSA) is 15.8 Å². The highest BCUT2D eigenvalue weighted by Crippen LogP contribution is 2.37. The monoisotopic (exact) mass is 231 g/mol. The van der Waals surface area contributed by atoms with Crippen LogP contribution in [0, 0.1) is 0 Å². The molecule has 2 rings (SSSR count). The maximum absolute atomic E-state index is 6.16. The molecule has 0 aliphatic rings. The summed E-state index contributed by atoms with van der Waals surface area (Å²) in [6.07, 6.45) is 3.82. The highest BCUT2D eigenvalue weighted by atomic mass is 35.5. The fraction of sp³-hybridized carbons (Fsp3) is 0.111. The van der Waals surface area contributed by atoms with E-state index in [9.17, 15) is 0 Å². The second-order valence-electron chi connectivity index (χ2n) is 2.64. The zero-order chi connectivity index (χ0) is 9.42. The van der Waals surface area contributed by atoms with Crippen LogP contribution in [0.5, 0.6) is 0 Å². The zero-order valence-electron chi connectivity index (χ0n) is 6.90. The standard InChI is InChI=1S/C9H7Cl2NS/c1-13-9-6(10)4-7-5(8(9)11)2-3-12-7/h2-4,12H,1H3. The summed E-state index contributed by atoms with van der Waals surface area (Å²) in [5, 5.41) is 2.46. The molecule has 1 nitrogen and oxygen atoms in total. The Kier molecular flexibility index (Phi) is 2.45. The summed E-state index contributed by atoms with van der Waals surface area (Å²) in [4.78, 5) is 4.01. The summed E-state index contributed by atoms with van der Waals surface area (Å²) < 4.78 is 0. The van der Waals surface area contributed by atoms with Gasteiger partial charge in [-0.25, -0.2) is 0 Å². The van der Waals surface area contributed by atoms with Gasteiger partial charge in [-0.1, -0.05) is 23.2 Å². The minimum atomic E-state index is 0.701. The summed E-state index contributed by atoms with van der Waals surface area (Å²) in [6.45, 7) is 0. The Morgan fingerprint density at radius 2 is 2.15 bits per heavy atom. The van der Waals surface area contributed by atoms with E-state index in [1.807, 2.05) is 24.6 Å². The molecule has 4 heteroatoms. The van der Waals surface area contributed by atoms with Crippen LogP contribution in [0.2, 0.25) is 10.0 Å². The van der Waals surface area contributed by atoms with Crippen LogP contribution >= 0.6 is 35.0 Å². The van der Waals surface area contributed by atoms with Crippen molar-refractivity contribution in [2.45, 2.75) is 4.90 Å². The lowest BCUT2D eigenvalue weighted by Crippen LogP contribution is -1.78. The number of fused-ring (bicyclic) bond motifs is 1. The van der Waals surface area contributed by atoms with Crippen LogP contribution in [0.3, 0.4) is 0 Å². The van der Waals surface area contributed by atoms with E-state index in [-0.39, 0.29) is 0 Å². The molecular weight excluding hydrogens is 225 g/mol. The van der Waals surface area contributed by atoms with Gasteiger partial charge in [-0.3, -0.25) is 0 Å². The van der Waals surface area contributed by atoms with Gasteiger partial charge in [0.15, 0.2) is 0 Å². The molecule has 1 heterocycles. The SMILES string of the molecule is CSc1c(Cl)cc2[nH]ccc2c1Cl. The first-order valence-corrected chi connectivity index (χ1v) is 5.71. The fourth-order valence-corrected chi connectivity index (χ4v) is 2.82. The Bertz CT molecular complexity index is 450. The van der Waals surface area contributed by atoms with Crippen molar-refractivity contribution < 1.29 is 0 Å². The number of hydrogen-bond donors (Lipinski definition) is 1. The van der Waals surface area contributed by atoms with E-state index in [4.69, 9.17) is 23.2 Å². The van der Waals surface area contributed by atoms with Crippen LogP contribution < -0.4 is 0 Å². The average molecular weight is 232 g/mol. The van der Waals surface area contributed by atoms with Crippen molar-refractivity contribution in [1.82, 2.24) is 4.98 Å². The number of nitrogens with one attached hydrogen (secondary N) is 1. The molecule has 68 valence electrons. The number of hydrogen-bond acceptors (Lipinski definition) is 1. The quantitative estimate of drug-likeness (QED) is 0.728. The van der Waals surface area contributed by atoms with Gasteiger partial charge < -0.3 is 4.98 Å². The van der Waals surface area contributed by atoms with Crippen molar-refractivity contribution in [3.63, 3.8) is 0 Å². The molecule has 0 saturated heterocycles. The molecule has 0 unspecified atom stereocenters. The molecule has 1 aromatic carbocycles. The Balaban J connectivity index is 2.85. The Hall–Kier alpha value is -0.310. The predicted octanol–water partition coefficient (Wildman–Crippen LogP) is 4.20. The molecule has 13 heavy (non-hydrogen) atoms. The Labute approximate surface area is 90.4 Å². The molecule has 0 aliphatic heterocycles. The van der Waals surface area contributed by atoms with Crippen LogP contribution in [0.15, 0.2) is 23.2 Å². The van der Waals surface area contributed by atoms with Gasteiger partial charge in [-0.2, -0.15) is 0 Å². The van der Waals surface area contributed by atoms with Crippen molar-refractivity contribution >= 4 is 45.9 Å². The molecule has 0 saturated carbocycles. The zero-order valence-corrected chi connectivity index (χ0v) is 9.22. The lowest BCUT2D eigenvalue weighted by molar-refractivity contribution is 1.45. The highest BCUT2D eigenvalue weighted by molar-refractivity contribution is 7.98. The molecule has 0 radical (unpaired) electrons. The second kappa shape index (κ2) is 3.45. The van der Waals surface area contributed by atoms with Crippen LogP contribution in [0.4, 0.5) is 0 Å². The van der Waals surface area contributed by atoms with E-state index in [2.05, 4.69) is 4.98 Å². The lowest BCUT2D eigenvalue weighted by Gasteiger charge is -2.04. The smallest absolute Gasteiger partial charge is 0.0650 e. The fourth-order valence-electron chi connectivity index (χ4n) is 1.30. The molecule has 0 bridgehead atoms. The molecular formula is C9H7Cl2NS. The molecule has 1 N–H and O–H groups in total. The average Bonchev–Trinajstić information content (AvgIpc) is 2.53. The third kappa shape index (κ3) is 1.43. The first-order chi connectivity index (χ1) is 6.24. The Morgan fingerprint density at radius 3 is 2.85 bits per heavy atom. The van der Waals surface area contributed by atoms with Crippen molar-refractivity contribution in [3.8, 4) is 0 Å². The number of aromatic nitrogens is 1. The van der Waals surface area contributed by atoms with Crippen LogP contribution in [-0.2, 0) is 0 Å². The lowest BCUT2D eigenvalue weighted by atomic mass is 10.2. The minimum Gasteiger partial charge on any atom is -0.361 e. The van der Waals surface area contributed by atoms with Crippen molar-refractivity contribution in [2.75, 3.05) is 6.26 Å². The van der Waals surface area contributed by atoms with Gasteiger partial charge in [0.05, 0.1) is 10.0 Å². The molecule has 2 aromatic rings. The van der Waals surface area contributed by atoms with Crippen LogP contribution in [-0.4, -0.2) is 11.2 Å². The molecule has 0 amide bonds. The van der Waals surface area contributed by atoms with Gasteiger partial charge in [0.25, 0.3) is 0 Å². The van der Waals surface area contributed by atoms with Crippen LogP contribution in [0.25, 0.3) is 10.9 Å². The van der Waals surface area contributed by atoms with Crippen LogP contribution in [0.1, 0.15) is 0 Å². The molecule has 1 aromatic heterocycles. The Morgan fingerprint density at radius 1 is 1.38 bits per heavy atom. The summed E-state index contributed by atoms with van der Waals surface area (Å²) in [5.74, 6) is 0. The van der Waals surface area contributed by atoms with Gasteiger partial charge in [-0.15, -0.1) is 11.8 Å². The maximum atomic E-state index is 6.16. The van der Waals surface area contributed by atoms with Crippen molar-refractivity contribution in [2.24, 2.45) is 0 Å². The van der Waals surface area contributed by atoms with E-state index < -0.39 is 0 Å². The number of rotatable bonds is 1. The number of aromatic amines is 1. The third-order valence-corrected chi connectivity index (χ3v) is 3.65. The van der Waals surface area contributed by atoms with Gasteiger partial charge >= 0.3 is 0 Å². The molecule has 0 fully saturated rings. The van der Waals surface area contributed by atoms with E-state index in [1.54, 1.807) is 11.8 Å². The van der Waals surface area contributed by atoms with E-state index in [0.717, 1.165) is 20.8 Å². The summed E-state index contributed by atoms with van der Waals surface area (Å²) in [6, 6.07) is 3.85. The first kappa shape index (κ1) is 9.25. The normalized spacial score (nSPS) is 11.0. The van der Waals surface area contributed by atoms with E-state index in [0.29, 0.717) is 5.02 Å². The highest BCUT2D eigenvalue weighted by Gasteiger charge is 2.09. The summed E-state index contributed by atoms with van der Waals surface area (Å²) >= 11 is 13.8. The number of benzene rings is 1. The minimum absolute atomic E-state index is 0.701. The van der Waals surface area contributed by atoms with Gasteiger partial charge in [-0.05, 0) is 18.4 Å². The van der Waals surface area contributed by atoms with Gasteiger partial charge in [0, 0.05) is 22.0 Å². The third-order valence-electron chi connectivity index (χ3n) is 1.91. The summed E-state index contributed by atoms with van der Waals surface area (Å²) in [5.41, 5.74) is 0.979. The number of halogens is 2. The van der Waals surface area contributed by atoms with Gasteiger partial charge in [0.2, 0.25) is 0 Å². The molecule has 0 atom stereocenters.